The Bertz CT molecular complexity index is 3390. The minimum Gasteiger partial charge on any atom is -0.292 e. The zero-order valence-electron chi connectivity index (χ0n) is 33.7. The quantitative estimate of drug-likeness (QED) is 0.161. The Morgan fingerprint density at radius 1 is 0.323 bits per heavy atom. The van der Waals surface area contributed by atoms with Crippen LogP contribution < -0.4 is 0 Å². The topological polar surface area (TPSA) is 43.6 Å². The molecule has 12 rings (SSSR count). The molecule has 2 aromatic heterocycles. The van der Waals surface area contributed by atoms with Gasteiger partial charge in [-0.15, -0.1) is 0 Å². The lowest BCUT2D eigenvalue weighted by Gasteiger charge is -2.34. The Morgan fingerprint density at radius 2 is 0.758 bits per heavy atom. The van der Waals surface area contributed by atoms with Gasteiger partial charge in [-0.1, -0.05) is 182 Å². The molecule has 290 valence electrons. The van der Waals surface area contributed by atoms with Gasteiger partial charge in [0.1, 0.15) is 5.82 Å². The van der Waals surface area contributed by atoms with Gasteiger partial charge < -0.3 is 0 Å². The van der Waals surface area contributed by atoms with Gasteiger partial charge in [-0.2, -0.15) is 0 Å². The predicted octanol–water partition coefficient (Wildman–Crippen LogP) is 14.0. The van der Waals surface area contributed by atoms with Gasteiger partial charge in [0.15, 0.2) is 0 Å². The molecule has 1 aliphatic carbocycles. The molecule has 0 atom stereocenters. The highest BCUT2D eigenvalue weighted by Gasteiger charge is 2.46. The molecule has 0 saturated heterocycles. The maximum absolute atomic E-state index is 5.30. The van der Waals surface area contributed by atoms with Gasteiger partial charge in [0.2, 0.25) is 0 Å². The third-order valence-corrected chi connectivity index (χ3v) is 12.5. The number of benzene rings is 9. The first-order valence-electron chi connectivity index (χ1n) is 21.1. The maximum atomic E-state index is 5.30. The van der Waals surface area contributed by atoms with Crippen LogP contribution in [-0.4, -0.2) is 19.5 Å². The fourth-order valence-electron chi connectivity index (χ4n) is 9.68. The molecular formula is C58H38N4. The standard InChI is InChI=1S/C58H38N4/c1-5-17-40(18-6-1)55-56(60-52-26-14-13-25-51(52)59-55)41-31-29-39(30-32-41)42-33-35-47-48-36-34-43(57-61-53-27-15-16-28-54(53)62(57)46-23-11-4-12-24-46)38-50(48)58(49(47)37-42,44-19-7-2-8-20-44)45-21-9-3-10-22-45/h1-38H. The number of rotatable bonds is 7. The summed E-state index contributed by atoms with van der Waals surface area (Å²) in [5.74, 6) is 0.915. The molecule has 9 aromatic carbocycles. The molecule has 0 radical (unpaired) electrons. The van der Waals surface area contributed by atoms with Crippen molar-refractivity contribution in [2.24, 2.45) is 0 Å². The Hall–Kier alpha value is -8.21. The highest BCUT2D eigenvalue weighted by atomic mass is 15.1. The third kappa shape index (κ3) is 5.65. The van der Waals surface area contributed by atoms with Crippen LogP contribution in [0.15, 0.2) is 231 Å². The molecule has 4 heteroatoms. The summed E-state index contributed by atoms with van der Waals surface area (Å²) < 4.78 is 2.29. The van der Waals surface area contributed by atoms with Gasteiger partial charge in [-0.05, 0) is 93.0 Å². The summed E-state index contributed by atoms with van der Waals surface area (Å²) >= 11 is 0. The molecule has 11 aromatic rings. The van der Waals surface area contributed by atoms with E-state index < -0.39 is 5.41 Å². The molecule has 4 nitrogen and oxygen atoms in total. The summed E-state index contributed by atoms with van der Waals surface area (Å²) in [5.41, 5.74) is 18.8. The average molecular weight is 791 g/mol. The highest BCUT2D eigenvalue weighted by molar-refractivity contribution is 5.92. The number of hydrogen-bond donors (Lipinski definition) is 0. The molecule has 0 saturated carbocycles. The van der Waals surface area contributed by atoms with Crippen LogP contribution in [0.2, 0.25) is 0 Å². The van der Waals surface area contributed by atoms with Crippen molar-refractivity contribution >= 4 is 22.1 Å². The van der Waals surface area contributed by atoms with Crippen LogP contribution in [0.5, 0.6) is 0 Å². The Morgan fingerprint density at radius 3 is 1.35 bits per heavy atom. The van der Waals surface area contributed by atoms with Gasteiger partial charge in [-0.3, -0.25) is 4.57 Å². The van der Waals surface area contributed by atoms with Crippen molar-refractivity contribution < 1.29 is 0 Å². The summed E-state index contributed by atoms with van der Waals surface area (Å²) in [5, 5.41) is 0. The first kappa shape index (κ1) is 35.7. The number of hydrogen-bond acceptors (Lipinski definition) is 3. The van der Waals surface area contributed by atoms with Crippen LogP contribution in [0.25, 0.3) is 83.9 Å². The minimum absolute atomic E-state index is 0.603. The zero-order valence-corrected chi connectivity index (χ0v) is 33.7. The Labute approximate surface area is 360 Å². The molecule has 1 aliphatic rings. The summed E-state index contributed by atoms with van der Waals surface area (Å²) in [6.45, 7) is 0. The molecule has 0 spiro atoms. The number of nitrogens with zero attached hydrogens (tertiary/aromatic N) is 4. The smallest absolute Gasteiger partial charge is 0.145 e. The van der Waals surface area contributed by atoms with E-state index in [0.29, 0.717) is 0 Å². The lowest BCUT2D eigenvalue weighted by atomic mass is 9.67. The fourth-order valence-corrected chi connectivity index (χ4v) is 9.68. The summed E-state index contributed by atoms with van der Waals surface area (Å²) in [7, 11) is 0. The van der Waals surface area contributed by atoms with Gasteiger partial charge in [0, 0.05) is 22.4 Å². The van der Waals surface area contributed by atoms with E-state index in [9.17, 15) is 0 Å². The van der Waals surface area contributed by atoms with Gasteiger partial charge in [-0.25, -0.2) is 15.0 Å². The van der Waals surface area contributed by atoms with Crippen LogP contribution in [0, 0.1) is 0 Å². The lowest BCUT2D eigenvalue weighted by molar-refractivity contribution is 0.769. The van der Waals surface area contributed by atoms with Crippen LogP contribution in [0.1, 0.15) is 22.3 Å². The third-order valence-electron chi connectivity index (χ3n) is 12.5. The van der Waals surface area contributed by atoms with E-state index in [1.807, 2.05) is 30.3 Å². The molecule has 0 bridgehead atoms. The predicted molar refractivity (Wildman–Crippen MR) is 253 cm³/mol. The minimum atomic E-state index is -0.603. The molecule has 0 unspecified atom stereocenters. The normalized spacial score (nSPS) is 12.6. The van der Waals surface area contributed by atoms with E-state index in [2.05, 4.69) is 205 Å². The van der Waals surface area contributed by atoms with Crippen molar-refractivity contribution in [3.05, 3.63) is 253 Å². The second-order valence-corrected chi connectivity index (χ2v) is 16.0. The average Bonchev–Trinajstić information content (AvgIpc) is 3.89. The Balaban J connectivity index is 1.04. The lowest BCUT2D eigenvalue weighted by Crippen LogP contribution is -2.28. The largest absolute Gasteiger partial charge is 0.292 e. The van der Waals surface area contributed by atoms with E-state index >= 15 is 0 Å². The molecule has 0 aliphatic heterocycles. The van der Waals surface area contributed by atoms with Crippen molar-refractivity contribution in [1.29, 1.82) is 0 Å². The number of aromatic nitrogens is 4. The molecule has 2 heterocycles. The van der Waals surface area contributed by atoms with Gasteiger partial charge in [0.25, 0.3) is 0 Å². The van der Waals surface area contributed by atoms with Crippen molar-refractivity contribution in [2.45, 2.75) is 5.41 Å². The molecule has 0 fully saturated rings. The van der Waals surface area contributed by atoms with Crippen LogP contribution in [0.3, 0.4) is 0 Å². The van der Waals surface area contributed by atoms with E-state index in [-0.39, 0.29) is 0 Å². The van der Waals surface area contributed by atoms with E-state index in [0.717, 1.165) is 72.8 Å². The zero-order chi connectivity index (χ0) is 41.0. The monoisotopic (exact) mass is 790 g/mol. The molecular weight excluding hydrogens is 753 g/mol. The second-order valence-electron chi connectivity index (χ2n) is 16.0. The molecule has 0 amide bonds. The van der Waals surface area contributed by atoms with E-state index in [1.165, 1.54) is 33.4 Å². The Kier molecular flexibility index (Phi) is 8.36. The number of para-hydroxylation sites is 5. The van der Waals surface area contributed by atoms with Crippen LogP contribution in [-0.2, 0) is 5.41 Å². The van der Waals surface area contributed by atoms with Crippen LogP contribution >= 0.6 is 0 Å². The van der Waals surface area contributed by atoms with Crippen molar-refractivity contribution in [3.8, 4) is 61.8 Å². The van der Waals surface area contributed by atoms with Crippen molar-refractivity contribution in [2.75, 3.05) is 0 Å². The molecule has 0 N–H and O–H groups in total. The first-order chi connectivity index (χ1) is 30.7. The second kappa shape index (κ2) is 14.5. The highest BCUT2D eigenvalue weighted by Crippen LogP contribution is 2.57. The summed E-state index contributed by atoms with van der Waals surface area (Å²) in [6, 6.07) is 82.3. The van der Waals surface area contributed by atoms with E-state index in [1.54, 1.807) is 0 Å². The number of fused-ring (bicyclic) bond motifs is 5. The first-order valence-corrected chi connectivity index (χ1v) is 21.1. The van der Waals surface area contributed by atoms with Crippen LogP contribution in [0.4, 0.5) is 0 Å². The van der Waals surface area contributed by atoms with Crippen molar-refractivity contribution in [3.63, 3.8) is 0 Å². The number of imidazole rings is 1. The van der Waals surface area contributed by atoms with Crippen molar-refractivity contribution in [1.82, 2.24) is 19.5 Å². The SMILES string of the molecule is c1ccc(-c2nc3ccccc3nc2-c2ccc(-c3ccc4c(c3)C(c3ccccc3)(c3ccccc3)c3cc(-c5nc6ccccc6n5-c5ccccc5)ccc3-4)cc2)cc1. The molecule has 62 heavy (non-hydrogen) atoms. The maximum Gasteiger partial charge on any atom is 0.145 e. The van der Waals surface area contributed by atoms with Gasteiger partial charge >= 0.3 is 0 Å². The summed E-state index contributed by atoms with van der Waals surface area (Å²) in [4.78, 5) is 15.6. The fraction of sp³-hybridized carbons (Fsp3) is 0.0172. The van der Waals surface area contributed by atoms with E-state index in [4.69, 9.17) is 15.0 Å². The van der Waals surface area contributed by atoms with Gasteiger partial charge in [0.05, 0.1) is 38.9 Å². The summed E-state index contributed by atoms with van der Waals surface area (Å²) in [6.07, 6.45) is 0.